The SMILES string of the molecule is CCCc1ccc(-c2ccc(-c3ncc(CCC)c(F)n3)cc2)cc1. The summed E-state index contributed by atoms with van der Waals surface area (Å²) in [6.45, 7) is 4.20. The largest absolute Gasteiger partial charge is 0.236 e. The van der Waals surface area contributed by atoms with Gasteiger partial charge in [-0.05, 0) is 29.5 Å². The lowest BCUT2D eigenvalue weighted by Gasteiger charge is -2.06. The molecule has 2 aromatic carbocycles. The minimum absolute atomic E-state index is 0.414. The van der Waals surface area contributed by atoms with Gasteiger partial charge >= 0.3 is 0 Å². The van der Waals surface area contributed by atoms with Gasteiger partial charge < -0.3 is 0 Å². The standard InChI is InChI=1S/C22H23FN2/c1-3-5-16-7-9-17(10-8-16)18-11-13-19(14-12-18)22-24-15-20(6-4-2)21(23)25-22/h7-15H,3-6H2,1-2H3. The van der Waals surface area contributed by atoms with Crippen LogP contribution in [0.2, 0.25) is 0 Å². The fraction of sp³-hybridized carbons (Fsp3) is 0.273. The van der Waals surface area contributed by atoms with Crippen molar-refractivity contribution in [2.75, 3.05) is 0 Å². The summed E-state index contributed by atoms with van der Waals surface area (Å²) in [6.07, 6.45) is 5.41. The minimum atomic E-state index is -0.414. The van der Waals surface area contributed by atoms with Gasteiger partial charge in [0.15, 0.2) is 5.82 Å². The molecule has 128 valence electrons. The molecule has 0 spiro atoms. The van der Waals surface area contributed by atoms with Crippen LogP contribution in [-0.2, 0) is 12.8 Å². The van der Waals surface area contributed by atoms with Crippen molar-refractivity contribution in [3.8, 4) is 22.5 Å². The number of aryl methyl sites for hydroxylation is 2. The number of aromatic nitrogens is 2. The molecule has 0 N–H and O–H groups in total. The highest BCUT2D eigenvalue weighted by atomic mass is 19.1. The predicted octanol–water partition coefficient (Wildman–Crippen LogP) is 5.85. The molecule has 0 radical (unpaired) electrons. The second-order valence-electron chi connectivity index (χ2n) is 6.28. The first-order valence-corrected chi connectivity index (χ1v) is 8.92. The summed E-state index contributed by atoms with van der Waals surface area (Å²) in [5.74, 6) is 0.0182. The number of nitrogens with zero attached hydrogens (tertiary/aromatic N) is 2. The Morgan fingerprint density at radius 1 is 0.760 bits per heavy atom. The van der Waals surface area contributed by atoms with E-state index in [1.165, 1.54) is 11.1 Å². The molecular formula is C22H23FN2. The van der Waals surface area contributed by atoms with E-state index in [0.29, 0.717) is 17.8 Å². The van der Waals surface area contributed by atoms with Crippen LogP contribution in [0.4, 0.5) is 4.39 Å². The van der Waals surface area contributed by atoms with Crippen molar-refractivity contribution in [2.45, 2.75) is 39.5 Å². The van der Waals surface area contributed by atoms with E-state index in [-0.39, 0.29) is 0 Å². The molecule has 25 heavy (non-hydrogen) atoms. The Kier molecular flexibility index (Phi) is 5.54. The molecule has 0 saturated carbocycles. The average molecular weight is 334 g/mol. The molecule has 2 nitrogen and oxygen atoms in total. The summed E-state index contributed by atoms with van der Waals surface area (Å²) in [5, 5.41) is 0. The van der Waals surface area contributed by atoms with E-state index in [1.54, 1.807) is 6.20 Å². The molecule has 3 rings (SSSR count). The maximum Gasteiger partial charge on any atom is 0.219 e. The Morgan fingerprint density at radius 3 is 1.88 bits per heavy atom. The molecule has 1 aromatic heterocycles. The molecule has 0 unspecified atom stereocenters. The summed E-state index contributed by atoms with van der Waals surface area (Å²) < 4.78 is 14.0. The summed E-state index contributed by atoms with van der Waals surface area (Å²) in [6, 6.07) is 16.6. The van der Waals surface area contributed by atoms with Gasteiger partial charge in [-0.15, -0.1) is 0 Å². The van der Waals surface area contributed by atoms with Gasteiger partial charge in [0, 0.05) is 17.3 Å². The lowest BCUT2D eigenvalue weighted by molar-refractivity contribution is 0.561. The Hall–Kier alpha value is -2.55. The first-order chi connectivity index (χ1) is 12.2. The Bertz CT molecular complexity index is 824. The van der Waals surface area contributed by atoms with E-state index in [9.17, 15) is 4.39 Å². The molecule has 3 aromatic rings. The molecule has 0 atom stereocenters. The molecule has 0 aliphatic heterocycles. The van der Waals surface area contributed by atoms with Crippen LogP contribution in [0.5, 0.6) is 0 Å². The molecule has 0 saturated heterocycles. The zero-order chi connectivity index (χ0) is 17.6. The van der Waals surface area contributed by atoms with Crippen LogP contribution in [0.15, 0.2) is 54.7 Å². The third kappa shape index (κ3) is 4.11. The van der Waals surface area contributed by atoms with Gasteiger partial charge in [-0.1, -0.05) is 75.2 Å². The van der Waals surface area contributed by atoms with Crippen LogP contribution in [-0.4, -0.2) is 9.97 Å². The van der Waals surface area contributed by atoms with Crippen LogP contribution in [0.1, 0.15) is 37.8 Å². The lowest BCUT2D eigenvalue weighted by atomic mass is 10.0. The van der Waals surface area contributed by atoms with Crippen LogP contribution in [0.3, 0.4) is 0 Å². The first-order valence-electron chi connectivity index (χ1n) is 8.92. The quantitative estimate of drug-likeness (QED) is 0.528. The smallest absolute Gasteiger partial charge is 0.219 e. The Labute approximate surface area is 148 Å². The van der Waals surface area contributed by atoms with Crippen molar-refractivity contribution in [3.63, 3.8) is 0 Å². The fourth-order valence-electron chi connectivity index (χ4n) is 2.93. The molecule has 0 fully saturated rings. The van der Waals surface area contributed by atoms with E-state index < -0.39 is 5.95 Å². The second-order valence-corrected chi connectivity index (χ2v) is 6.28. The highest BCUT2D eigenvalue weighted by Gasteiger charge is 2.08. The highest BCUT2D eigenvalue weighted by Crippen LogP contribution is 2.24. The normalized spacial score (nSPS) is 10.8. The summed E-state index contributed by atoms with van der Waals surface area (Å²) >= 11 is 0. The first kappa shape index (κ1) is 17.3. The molecular weight excluding hydrogens is 311 g/mol. The van der Waals surface area contributed by atoms with Crippen molar-refractivity contribution in [1.29, 1.82) is 0 Å². The molecule has 3 heteroatoms. The van der Waals surface area contributed by atoms with E-state index in [1.807, 2.05) is 31.2 Å². The van der Waals surface area contributed by atoms with E-state index in [0.717, 1.165) is 30.4 Å². The van der Waals surface area contributed by atoms with Crippen molar-refractivity contribution < 1.29 is 4.39 Å². The molecule has 1 heterocycles. The molecule has 0 aliphatic carbocycles. The maximum atomic E-state index is 14.0. The van der Waals surface area contributed by atoms with Crippen LogP contribution in [0.25, 0.3) is 22.5 Å². The summed E-state index contributed by atoms with van der Waals surface area (Å²) in [4.78, 5) is 8.33. The number of halogens is 1. The molecule has 0 bridgehead atoms. The number of rotatable bonds is 6. The minimum Gasteiger partial charge on any atom is -0.236 e. The van der Waals surface area contributed by atoms with Gasteiger partial charge in [-0.25, -0.2) is 4.98 Å². The van der Waals surface area contributed by atoms with Gasteiger partial charge in [0.05, 0.1) is 0 Å². The highest BCUT2D eigenvalue weighted by molar-refractivity contribution is 5.67. The van der Waals surface area contributed by atoms with Gasteiger partial charge in [0.1, 0.15) is 0 Å². The third-order valence-corrected chi connectivity index (χ3v) is 4.30. The monoisotopic (exact) mass is 334 g/mol. The fourth-order valence-corrected chi connectivity index (χ4v) is 2.93. The topological polar surface area (TPSA) is 25.8 Å². The lowest BCUT2D eigenvalue weighted by Crippen LogP contribution is -1.98. The van der Waals surface area contributed by atoms with Gasteiger partial charge in [-0.2, -0.15) is 9.37 Å². The van der Waals surface area contributed by atoms with Crippen molar-refractivity contribution in [2.24, 2.45) is 0 Å². The van der Waals surface area contributed by atoms with E-state index in [4.69, 9.17) is 0 Å². The molecule has 0 amide bonds. The van der Waals surface area contributed by atoms with Crippen LogP contribution < -0.4 is 0 Å². The van der Waals surface area contributed by atoms with Crippen LogP contribution >= 0.6 is 0 Å². The summed E-state index contributed by atoms with van der Waals surface area (Å²) in [7, 11) is 0. The second kappa shape index (κ2) is 8.02. The van der Waals surface area contributed by atoms with Gasteiger partial charge in [0.25, 0.3) is 0 Å². The summed E-state index contributed by atoms with van der Waals surface area (Å²) in [5.41, 5.74) is 5.08. The Morgan fingerprint density at radius 2 is 1.32 bits per heavy atom. The maximum absolute atomic E-state index is 14.0. The predicted molar refractivity (Wildman–Crippen MR) is 101 cm³/mol. The van der Waals surface area contributed by atoms with Crippen molar-refractivity contribution in [3.05, 3.63) is 71.8 Å². The zero-order valence-electron chi connectivity index (χ0n) is 14.8. The van der Waals surface area contributed by atoms with E-state index in [2.05, 4.69) is 41.2 Å². The number of benzene rings is 2. The van der Waals surface area contributed by atoms with Crippen molar-refractivity contribution >= 4 is 0 Å². The third-order valence-electron chi connectivity index (χ3n) is 4.30. The van der Waals surface area contributed by atoms with Crippen LogP contribution in [0, 0.1) is 5.95 Å². The van der Waals surface area contributed by atoms with Gasteiger partial charge in [0.2, 0.25) is 5.95 Å². The number of hydrogen-bond donors (Lipinski definition) is 0. The van der Waals surface area contributed by atoms with Gasteiger partial charge in [-0.3, -0.25) is 0 Å². The average Bonchev–Trinajstić information content (AvgIpc) is 2.65. The number of hydrogen-bond acceptors (Lipinski definition) is 2. The Balaban J connectivity index is 1.81. The molecule has 0 aliphatic rings. The van der Waals surface area contributed by atoms with Crippen molar-refractivity contribution in [1.82, 2.24) is 9.97 Å². The zero-order valence-corrected chi connectivity index (χ0v) is 14.8. The van der Waals surface area contributed by atoms with E-state index >= 15 is 0 Å².